The number of benzene rings is 2. The van der Waals surface area contributed by atoms with E-state index in [-0.39, 0.29) is 11.7 Å². The van der Waals surface area contributed by atoms with Crippen molar-refractivity contribution in [3.05, 3.63) is 52.1 Å². The summed E-state index contributed by atoms with van der Waals surface area (Å²) in [4.78, 5) is 12.1. The number of methoxy groups -OCH3 is 1. The van der Waals surface area contributed by atoms with Crippen LogP contribution in [0.1, 0.15) is 0 Å². The Kier molecular flexibility index (Phi) is 5.99. The number of ether oxygens (including phenoxy) is 1. The molecule has 0 aliphatic heterocycles. The molecule has 1 amide bonds. The molecular formula is C17H16IN5O2S. The number of rotatable bonds is 6. The van der Waals surface area contributed by atoms with Crippen LogP contribution < -0.4 is 15.9 Å². The molecule has 2 aromatic carbocycles. The van der Waals surface area contributed by atoms with E-state index in [1.54, 1.807) is 7.11 Å². The lowest BCUT2D eigenvalue weighted by molar-refractivity contribution is -0.113. The molecule has 1 aromatic heterocycles. The molecule has 7 nitrogen and oxygen atoms in total. The average molecular weight is 481 g/mol. The Hall–Kier alpha value is -2.27. The van der Waals surface area contributed by atoms with Gasteiger partial charge in [-0.1, -0.05) is 17.8 Å². The molecule has 3 N–H and O–H groups in total. The zero-order chi connectivity index (χ0) is 18.5. The van der Waals surface area contributed by atoms with E-state index >= 15 is 0 Å². The predicted molar refractivity (Wildman–Crippen MR) is 111 cm³/mol. The summed E-state index contributed by atoms with van der Waals surface area (Å²) in [5.41, 5.74) is 1.58. The van der Waals surface area contributed by atoms with Crippen molar-refractivity contribution in [1.29, 1.82) is 0 Å². The van der Waals surface area contributed by atoms with E-state index in [0.29, 0.717) is 11.0 Å². The van der Waals surface area contributed by atoms with Gasteiger partial charge in [0.15, 0.2) is 5.82 Å². The lowest BCUT2D eigenvalue weighted by Gasteiger charge is -2.06. The van der Waals surface area contributed by atoms with Crippen LogP contribution in [0.25, 0.3) is 11.4 Å². The number of nitrogen functional groups attached to an aromatic ring is 1. The molecule has 0 atom stereocenters. The molecule has 0 saturated heterocycles. The number of nitrogens with two attached hydrogens (primary N) is 1. The van der Waals surface area contributed by atoms with Gasteiger partial charge in [-0.15, -0.1) is 10.2 Å². The number of hydrogen-bond donors (Lipinski definition) is 2. The van der Waals surface area contributed by atoms with Gasteiger partial charge in [-0.3, -0.25) is 4.79 Å². The summed E-state index contributed by atoms with van der Waals surface area (Å²) in [5.74, 6) is 7.39. The van der Waals surface area contributed by atoms with Gasteiger partial charge < -0.3 is 15.9 Å². The summed E-state index contributed by atoms with van der Waals surface area (Å²) in [6, 6.07) is 14.9. The van der Waals surface area contributed by atoms with E-state index < -0.39 is 0 Å². The van der Waals surface area contributed by atoms with Crippen LogP contribution in [0.3, 0.4) is 0 Å². The second-order valence-corrected chi connectivity index (χ2v) is 7.44. The third-order valence-electron chi connectivity index (χ3n) is 3.45. The quantitative estimate of drug-likeness (QED) is 0.320. The van der Waals surface area contributed by atoms with Crippen LogP contribution in [-0.2, 0) is 4.79 Å². The van der Waals surface area contributed by atoms with Crippen LogP contribution in [0.2, 0.25) is 0 Å². The fourth-order valence-electron chi connectivity index (χ4n) is 2.21. The summed E-state index contributed by atoms with van der Waals surface area (Å²) < 4.78 is 7.57. The van der Waals surface area contributed by atoms with Crippen LogP contribution in [0.4, 0.5) is 5.69 Å². The van der Waals surface area contributed by atoms with Gasteiger partial charge >= 0.3 is 0 Å². The Morgan fingerprint density at radius 2 is 2.04 bits per heavy atom. The fourth-order valence-corrected chi connectivity index (χ4v) is 3.41. The Bertz CT molecular complexity index is 914. The molecule has 0 aliphatic carbocycles. The van der Waals surface area contributed by atoms with Gasteiger partial charge in [-0.2, -0.15) is 0 Å². The van der Waals surface area contributed by atoms with E-state index in [1.165, 1.54) is 16.4 Å². The summed E-state index contributed by atoms with van der Waals surface area (Å²) >= 11 is 3.42. The Morgan fingerprint density at radius 3 is 2.73 bits per heavy atom. The topological polar surface area (TPSA) is 95.1 Å². The first-order chi connectivity index (χ1) is 12.6. The summed E-state index contributed by atoms with van der Waals surface area (Å²) in [6.07, 6.45) is 0. The van der Waals surface area contributed by atoms with E-state index in [0.717, 1.165) is 20.6 Å². The molecule has 0 fully saturated rings. The fraction of sp³-hybridized carbons (Fsp3) is 0.118. The SMILES string of the molecule is COc1ccc(-c2nnc(SCC(=O)Nc3cccc(I)c3)n2N)cc1. The first-order valence-corrected chi connectivity index (χ1v) is 9.66. The number of thioether (sulfide) groups is 1. The summed E-state index contributed by atoms with van der Waals surface area (Å²) in [6.45, 7) is 0. The van der Waals surface area contributed by atoms with Crippen molar-refractivity contribution in [3.8, 4) is 17.1 Å². The highest BCUT2D eigenvalue weighted by Gasteiger charge is 2.14. The molecule has 0 aliphatic rings. The maximum absolute atomic E-state index is 12.1. The zero-order valence-electron chi connectivity index (χ0n) is 13.8. The van der Waals surface area contributed by atoms with Gasteiger partial charge in [0.25, 0.3) is 0 Å². The number of halogens is 1. The minimum Gasteiger partial charge on any atom is -0.497 e. The highest BCUT2D eigenvalue weighted by atomic mass is 127. The zero-order valence-corrected chi connectivity index (χ0v) is 16.8. The van der Waals surface area contributed by atoms with Crippen molar-refractivity contribution < 1.29 is 9.53 Å². The van der Waals surface area contributed by atoms with Crippen molar-refractivity contribution in [2.24, 2.45) is 0 Å². The normalized spacial score (nSPS) is 10.5. The second kappa shape index (κ2) is 8.41. The molecule has 0 bridgehead atoms. The van der Waals surface area contributed by atoms with E-state index in [2.05, 4.69) is 38.1 Å². The molecule has 9 heteroatoms. The molecule has 134 valence electrons. The molecule has 0 radical (unpaired) electrons. The first kappa shape index (κ1) is 18.5. The smallest absolute Gasteiger partial charge is 0.234 e. The van der Waals surface area contributed by atoms with Crippen LogP contribution in [0, 0.1) is 3.57 Å². The van der Waals surface area contributed by atoms with E-state index in [9.17, 15) is 4.79 Å². The second-order valence-electron chi connectivity index (χ2n) is 5.25. The van der Waals surface area contributed by atoms with Crippen LogP contribution in [0.5, 0.6) is 5.75 Å². The number of carbonyl (C=O) groups is 1. The van der Waals surface area contributed by atoms with Gasteiger partial charge in [-0.25, -0.2) is 4.68 Å². The lowest BCUT2D eigenvalue weighted by atomic mass is 10.2. The number of nitrogens with one attached hydrogen (secondary N) is 1. The molecule has 26 heavy (non-hydrogen) atoms. The standard InChI is InChI=1S/C17H16IN5O2S/c1-25-14-7-5-11(6-8-14)16-21-22-17(23(16)19)26-10-15(24)20-13-4-2-3-12(18)9-13/h2-9H,10,19H2,1H3,(H,20,24). The number of carbonyl (C=O) groups excluding carboxylic acids is 1. The van der Waals surface area contributed by atoms with Gasteiger partial charge in [0.2, 0.25) is 11.1 Å². The van der Waals surface area contributed by atoms with Crippen molar-refractivity contribution in [1.82, 2.24) is 14.9 Å². The monoisotopic (exact) mass is 481 g/mol. The van der Waals surface area contributed by atoms with Gasteiger partial charge in [-0.05, 0) is 65.1 Å². The Labute approximate surface area is 168 Å². The van der Waals surface area contributed by atoms with Crippen LogP contribution in [0.15, 0.2) is 53.7 Å². The third-order valence-corrected chi connectivity index (χ3v) is 5.07. The Morgan fingerprint density at radius 1 is 1.27 bits per heavy atom. The molecule has 0 saturated carbocycles. The first-order valence-electron chi connectivity index (χ1n) is 7.60. The van der Waals surface area contributed by atoms with Crippen molar-refractivity contribution >= 4 is 45.9 Å². The third kappa shape index (κ3) is 4.47. The van der Waals surface area contributed by atoms with Crippen LogP contribution in [-0.4, -0.2) is 33.6 Å². The number of nitrogens with zero attached hydrogens (tertiary/aromatic N) is 3. The van der Waals surface area contributed by atoms with Crippen molar-refractivity contribution in [2.75, 3.05) is 24.0 Å². The minimum atomic E-state index is -0.133. The van der Waals surface area contributed by atoms with Gasteiger partial charge in [0.05, 0.1) is 12.9 Å². The van der Waals surface area contributed by atoms with Gasteiger partial charge in [0.1, 0.15) is 5.75 Å². The molecule has 3 rings (SSSR count). The molecular weight excluding hydrogens is 465 g/mol. The minimum absolute atomic E-state index is 0.133. The summed E-state index contributed by atoms with van der Waals surface area (Å²) in [5, 5.41) is 11.5. The number of aromatic nitrogens is 3. The van der Waals surface area contributed by atoms with E-state index in [1.807, 2.05) is 48.5 Å². The largest absolute Gasteiger partial charge is 0.497 e. The highest BCUT2D eigenvalue weighted by Crippen LogP contribution is 2.23. The maximum Gasteiger partial charge on any atom is 0.234 e. The van der Waals surface area contributed by atoms with E-state index in [4.69, 9.17) is 10.6 Å². The number of amides is 1. The molecule has 1 heterocycles. The van der Waals surface area contributed by atoms with Gasteiger partial charge in [0, 0.05) is 14.8 Å². The maximum atomic E-state index is 12.1. The summed E-state index contributed by atoms with van der Waals surface area (Å²) in [7, 11) is 1.61. The highest BCUT2D eigenvalue weighted by molar-refractivity contribution is 14.1. The van der Waals surface area contributed by atoms with Crippen molar-refractivity contribution in [3.63, 3.8) is 0 Å². The molecule has 3 aromatic rings. The predicted octanol–water partition coefficient (Wildman–Crippen LogP) is 3.00. The van der Waals surface area contributed by atoms with Crippen LogP contribution >= 0.6 is 34.4 Å². The molecule has 0 unspecified atom stereocenters. The number of hydrogen-bond acceptors (Lipinski definition) is 6. The average Bonchev–Trinajstić information content (AvgIpc) is 3.01. The number of anilines is 1. The Balaban J connectivity index is 1.63. The van der Waals surface area contributed by atoms with Crippen molar-refractivity contribution in [2.45, 2.75) is 5.16 Å². The molecule has 0 spiro atoms. The lowest BCUT2D eigenvalue weighted by Crippen LogP contribution is -2.16.